The van der Waals surface area contributed by atoms with E-state index in [4.69, 9.17) is 27.1 Å². The maximum atomic E-state index is 9.91. The molecular weight excluding hydrogens is 504 g/mol. The zero-order valence-corrected chi connectivity index (χ0v) is 22.1. The summed E-state index contributed by atoms with van der Waals surface area (Å²) in [7, 11) is 1.56. The van der Waals surface area contributed by atoms with Crippen molar-refractivity contribution in [3.8, 4) is 17.0 Å². The van der Waals surface area contributed by atoms with Crippen LogP contribution in [0.4, 0.5) is 23.3 Å². The maximum Gasteiger partial charge on any atom is 0.223 e. The third-order valence-corrected chi connectivity index (χ3v) is 7.68. The summed E-state index contributed by atoms with van der Waals surface area (Å²) in [6, 6.07) is 9.82. The van der Waals surface area contributed by atoms with Gasteiger partial charge in [-0.3, -0.25) is 0 Å². The van der Waals surface area contributed by atoms with E-state index in [1.54, 1.807) is 19.2 Å². The number of nitrogens with zero attached hydrogens (tertiary/aromatic N) is 7. The Labute approximate surface area is 226 Å². The Hall–Kier alpha value is -3.76. The molecule has 6 rings (SSSR count). The number of fused-ring (bicyclic) bond motifs is 1. The molecule has 0 unspecified atom stereocenters. The molecule has 0 bridgehead atoms. The molecule has 2 saturated heterocycles. The number of methoxy groups -OCH3 is 1. The van der Waals surface area contributed by atoms with E-state index in [-0.39, 0.29) is 6.61 Å². The Morgan fingerprint density at radius 3 is 2.29 bits per heavy atom. The summed E-state index contributed by atoms with van der Waals surface area (Å²) < 4.78 is 7.28. The van der Waals surface area contributed by atoms with Crippen molar-refractivity contribution in [1.29, 1.82) is 0 Å². The lowest BCUT2D eigenvalue weighted by Gasteiger charge is -2.37. The fraction of sp³-hybridized carbons (Fsp3) is 0.370. The number of hydrogen-bond acceptors (Lipinski definition) is 9. The number of hydrogen-bond donors (Lipinski definition) is 2. The first-order valence-corrected chi connectivity index (χ1v) is 13.3. The number of ether oxygens (including phenoxy) is 1. The summed E-state index contributed by atoms with van der Waals surface area (Å²) >= 11 is 6.37. The van der Waals surface area contributed by atoms with Crippen LogP contribution in [0.5, 0.6) is 5.75 Å². The normalized spacial score (nSPS) is 16.0. The molecular formula is C27H31ClN8O2. The molecule has 11 heteroatoms. The third kappa shape index (κ3) is 4.65. The Balaban J connectivity index is 1.19. The van der Waals surface area contributed by atoms with Crippen molar-refractivity contribution < 1.29 is 9.84 Å². The van der Waals surface area contributed by atoms with Crippen LogP contribution in [-0.2, 0) is 6.61 Å². The second kappa shape index (κ2) is 10.2. The topological polar surface area (TPSA) is 108 Å². The molecule has 0 radical (unpaired) electrons. The number of benzene rings is 1. The number of imidazole rings is 1. The SMILES string of the molecule is COc1cc(CO)c(-c2cn3ccc(N4CCN(c5cc(N6CCCC6)nc(N)n5)CC4)cc3n2)cc1Cl. The van der Waals surface area contributed by atoms with E-state index >= 15 is 0 Å². The summed E-state index contributed by atoms with van der Waals surface area (Å²) in [6.45, 7) is 5.30. The number of halogens is 1. The van der Waals surface area contributed by atoms with E-state index in [1.165, 1.54) is 12.8 Å². The van der Waals surface area contributed by atoms with Gasteiger partial charge in [0, 0.05) is 75.0 Å². The average molecular weight is 535 g/mol. The number of aliphatic hydroxyl groups excluding tert-OH is 1. The molecule has 3 N–H and O–H groups in total. The molecule has 0 aliphatic carbocycles. The predicted octanol–water partition coefficient (Wildman–Crippen LogP) is 3.45. The largest absolute Gasteiger partial charge is 0.495 e. The Morgan fingerprint density at radius 2 is 1.61 bits per heavy atom. The highest BCUT2D eigenvalue weighted by Gasteiger charge is 2.22. The highest BCUT2D eigenvalue weighted by molar-refractivity contribution is 6.32. The van der Waals surface area contributed by atoms with Crippen molar-refractivity contribution in [2.75, 3.05) is 66.8 Å². The summed E-state index contributed by atoms with van der Waals surface area (Å²) in [6.07, 6.45) is 6.35. The van der Waals surface area contributed by atoms with Gasteiger partial charge in [-0.2, -0.15) is 9.97 Å². The standard InChI is InChI=1S/C27H31ClN8O2/c1-38-23-12-18(17-37)20(14-21(23)28)22-16-36-7-4-19(13-24(36)30-22)33-8-10-35(11-9-33)26-15-25(31-27(29)32-26)34-5-2-3-6-34/h4,7,12-16,37H,2-3,5-6,8-11,17H2,1H3,(H2,29,31,32). The van der Waals surface area contributed by atoms with E-state index in [0.29, 0.717) is 22.3 Å². The number of aromatic nitrogens is 4. The van der Waals surface area contributed by atoms with Gasteiger partial charge in [-0.15, -0.1) is 0 Å². The molecule has 38 heavy (non-hydrogen) atoms. The number of pyridine rings is 1. The minimum atomic E-state index is -0.135. The summed E-state index contributed by atoms with van der Waals surface area (Å²) in [5.41, 5.74) is 10.3. The molecule has 2 aliphatic heterocycles. The smallest absolute Gasteiger partial charge is 0.223 e. The first kappa shape index (κ1) is 24.6. The van der Waals surface area contributed by atoms with Crippen LogP contribution in [0.15, 0.2) is 42.7 Å². The van der Waals surface area contributed by atoms with E-state index in [0.717, 1.165) is 73.5 Å². The molecule has 198 valence electrons. The molecule has 2 fully saturated rings. The minimum absolute atomic E-state index is 0.135. The first-order valence-electron chi connectivity index (χ1n) is 12.9. The van der Waals surface area contributed by atoms with Crippen LogP contribution in [0, 0.1) is 0 Å². The number of aliphatic hydroxyl groups is 1. The second-order valence-corrected chi connectivity index (χ2v) is 10.1. The van der Waals surface area contributed by atoms with Crippen molar-refractivity contribution in [3.05, 3.63) is 53.3 Å². The first-order chi connectivity index (χ1) is 18.5. The van der Waals surface area contributed by atoms with Crippen molar-refractivity contribution in [3.63, 3.8) is 0 Å². The summed E-state index contributed by atoms with van der Waals surface area (Å²) in [4.78, 5) is 20.8. The molecule has 0 atom stereocenters. The molecule has 2 aliphatic rings. The van der Waals surface area contributed by atoms with Crippen molar-refractivity contribution >= 4 is 40.5 Å². The second-order valence-electron chi connectivity index (χ2n) is 9.69. The maximum absolute atomic E-state index is 9.91. The van der Waals surface area contributed by atoms with Gasteiger partial charge in [-0.25, -0.2) is 4.98 Å². The number of nitrogens with two attached hydrogens (primary N) is 1. The van der Waals surface area contributed by atoms with Gasteiger partial charge in [0.1, 0.15) is 23.0 Å². The lowest BCUT2D eigenvalue weighted by Crippen LogP contribution is -2.47. The molecule has 0 spiro atoms. The quantitative estimate of drug-likeness (QED) is 0.384. The minimum Gasteiger partial charge on any atom is -0.495 e. The lowest BCUT2D eigenvalue weighted by molar-refractivity contribution is 0.281. The molecule has 4 aromatic rings. The van der Waals surface area contributed by atoms with Crippen molar-refractivity contribution in [2.45, 2.75) is 19.4 Å². The van der Waals surface area contributed by atoms with Gasteiger partial charge in [-0.1, -0.05) is 11.6 Å². The fourth-order valence-corrected chi connectivity index (χ4v) is 5.56. The van der Waals surface area contributed by atoms with Crippen LogP contribution < -0.4 is 25.2 Å². The van der Waals surface area contributed by atoms with Gasteiger partial charge < -0.3 is 34.7 Å². The van der Waals surface area contributed by atoms with Gasteiger partial charge in [0.2, 0.25) is 5.95 Å². The van der Waals surface area contributed by atoms with Crippen LogP contribution in [0.1, 0.15) is 18.4 Å². The molecule has 5 heterocycles. The number of anilines is 4. The number of nitrogen functional groups attached to an aromatic ring is 1. The van der Waals surface area contributed by atoms with Crippen LogP contribution >= 0.6 is 11.6 Å². The van der Waals surface area contributed by atoms with Crippen LogP contribution in [-0.4, -0.2) is 70.8 Å². The van der Waals surface area contributed by atoms with E-state index in [9.17, 15) is 5.11 Å². The Kier molecular flexibility index (Phi) is 6.59. The van der Waals surface area contributed by atoms with Crippen molar-refractivity contribution in [2.24, 2.45) is 0 Å². The van der Waals surface area contributed by atoms with Gasteiger partial charge in [0.05, 0.1) is 24.4 Å². The van der Waals surface area contributed by atoms with Gasteiger partial charge in [0.25, 0.3) is 0 Å². The Bertz CT molecular complexity index is 1460. The molecule has 10 nitrogen and oxygen atoms in total. The number of piperazine rings is 1. The van der Waals surface area contributed by atoms with E-state index in [1.807, 2.05) is 16.8 Å². The average Bonchev–Trinajstić information content (AvgIpc) is 3.63. The third-order valence-electron chi connectivity index (χ3n) is 7.38. The monoisotopic (exact) mass is 534 g/mol. The predicted molar refractivity (Wildman–Crippen MR) is 150 cm³/mol. The summed E-state index contributed by atoms with van der Waals surface area (Å²) in [5.74, 6) is 2.68. The molecule has 3 aromatic heterocycles. The van der Waals surface area contributed by atoms with Crippen LogP contribution in [0.3, 0.4) is 0 Å². The van der Waals surface area contributed by atoms with Crippen LogP contribution in [0.25, 0.3) is 16.9 Å². The highest BCUT2D eigenvalue weighted by atomic mass is 35.5. The fourth-order valence-electron chi connectivity index (χ4n) is 5.32. The van der Waals surface area contributed by atoms with Gasteiger partial charge in [-0.05, 0) is 36.6 Å². The molecule has 1 aromatic carbocycles. The summed E-state index contributed by atoms with van der Waals surface area (Å²) in [5, 5.41) is 10.4. The highest BCUT2D eigenvalue weighted by Crippen LogP contribution is 2.34. The van der Waals surface area contributed by atoms with Gasteiger partial charge >= 0.3 is 0 Å². The lowest BCUT2D eigenvalue weighted by atomic mass is 10.1. The van der Waals surface area contributed by atoms with Gasteiger partial charge in [0.15, 0.2) is 0 Å². The molecule has 0 amide bonds. The zero-order valence-electron chi connectivity index (χ0n) is 21.3. The molecule has 0 saturated carbocycles. The van der Waals surface area contributed by atoms with Crippen molar-refractivity contribution in [1.82, 2.24) is 19.4 Å². The van der Waals surface area contributed by atoms with E-state index < -0.39 is 0 Å². The number of rotatable bonds is 6. The van der Waals surface area contributed by atoms with E-state index in [2.05, 4.69) is 42.9 Å². The van der Waals surface area contributed by atoms with Crippen LogP contribution in [0.2, 0.25) is 5.02 Å². The Morgan fingerprint density at radius 1 is 0.921 bits per heavy atom. The zero-order chi connectivity index (χ0) is 26.2.